The standard InChI is InChI=1S/C21H22N4O2S/c1-4-27-17-9-10-18-19(13-17)28-21(23-18)25(12-11-24(2)3)20(26)16-7-5-15(14-22)6-8-16/h5-10,13H,4,11-12H2,1-3H3. The molecule has 0 fully saturated rings. The van der Waals surface area contributed by atoms with Crippen LogP contribution in [0.4, 0.5) is 5.13 Å². The Morgan fingerprint density at radius 1 is 1.18 bits per heavy atom. The summed E-state index contributed by atoms with van der Waals surface area (Å²) in [6.07, 6.45) is 0. The third-order valence-electron chi connectivity index (χ3n) is 4.17. The molecule has 1 aromatic heterocycles. The van der Waals surface area contributed by atoms with Gasteiger partial charge in [0.05, 0.1) is 28.5 Å². The molecular weight excluding hydrogens is 372 g/mol. The first kappa shape index (κ1) is 19.8. The van der Waals surface area contributed by atoms with Crippen LogP contribution in [0.15, 0.2) is 42.5 Å². The lowest BCUT2D eigenvalue weighted by molar-refractivity contribution is 0.0985. The van der Waals surface area contributed by atoms with Crippen molar-refractivity contribution < 1.29 is 9.53 Å². The predicted molar refractivity (Wildman–Crippen MR) is 112 cm³/mol. The number of hydrogen-bond donors (Lipinski definition) is 0. The summed E-state index contributed by atoms with van der Waals surface area (Å²) in [5.41, 5.74) is 1.90. The summed E-state index contributed by atoms with van der Waals surface area (Å²) in [6.45, 7) is 3.77. The van der Waals surface area contributed by atoms with E-state index in [-0.39, 0.29) is 5.91 Å². The van der Waals surface area contributed by atoms with Crippen LogP contribution in [-0.2, 0) is 0 Å². The number of carbonyl (C=O) groups is 1. The largest absolute Gasteiger partial charge is 0.494 e. The number of nitrogens with zero attached hydrogens (tertiary/aromatic N) is 4. The molecule has 0 saturated carbocycles. The van der Waals surface area contributed by atoms with Crippen molar-refractivity contribution in [2.24, 2.45) is 0 Å². The van der Waals surface area contributed by atoms with Crippen LogP contribution in [0.25, 0.3) is 10.2 Å². The molecule has 0 saturated heterocycles. The number of anilines is 1. The molecule has 0 N–H and O–H groups in total. The van der Waals surface area contributed by atoms with Crippen LogP contribution in [-0.4, -0.2) is 49.6 Å². The van der Waals surface area contributed by atoms with Crippen LogP contribution < -0.4 is 9.64 Å². The third-order valence-corrected chi connectivity index (χ3v) is 5.21. The maximum atomic E-state index is 13.2. The summed E-state index contributed by atoms with van der Waals surface area (Å²) >= 11 is 1.47. The summed E-state index contributed by atoms with van der Waals surface area (Å²) in [5, 5.41) is 9.62. The van der Waals surface area contributed by atoms with Gasteiger partial charge in [0.15, 0.2) is 5.13 Å². The first-order chi connectivity index (χ1) is 13.5. The lowest BCUT2D eigenvalue weighted by Crippen LogP contribution is -2.36. The number of hydrogen-bond acceptors (Lipinski definition) is 6. The second-order valence-corrected chi connectivity index (χ2v) is 7.52. The zero-order valence-corrected chi connectivity index (χ0v) is 17.0. The van der Waals surface area contributed by atoms with E-state index in [9.17, 15) is 4.79 Å². The van der Waals surface area contributed by atoms with Crippen molar-refractivity contribution >= 4 is 32.6 Å². The van der Waals surface area contributed by atoms with E-state index in [4.69, 9.17) is 10.00 Å². The van der Waals surface area contributed by atoms with Crippen molar-refractivity contribution in [2.75, 3.05) is 38.7 Å². The average molecular weight is 395 g/mol. The molecule has 2 aromatic carbocycles. The molecule has 28 heavy (non-hydrogen) atoms. The van der Waals surface area contributed by atoms with Crippen molar-refractivity contribution in [1.82, 2.24) is 9.88 Å². The van der Waals surface area contributed by atoms with Crippen molar-refractivity contribution in [3.63, 3.8) is 0 Å². The first-order valence-electron chi connectivity index (χ1n) is 9.02. The molecule has 0 bridgehead atoms. The molecule has 144 valence electrons. The van der Waals surface area contributed by atoms with Gasteiger partial charge >= 0.3 is 0 Å². The minimum absolute atomic E-state index is 0.129. The zero-order chi connectivity index (χ0) is 20.1. The quantitative estimate of drug-likeness (QED) is 0.610. The Balaban J connectivity index is 1.95. The number of likely N-dealkylation sites (N-methyl/N-ethyl adjacent to an activating group) is 1. The van der Waals surface area contributed by atoms with Gasteiger partial charge in [-0.05, 0) is 63.5 Å². The molecule has 3 rings (SSSR count). The predicted octanol–water partition coefficient (Wildman–Crippen LogP) is 3.78. The second kappa shape index (κ2) is 8.83. The zero-order valence-electron chi connectivity index (χ0n) is 16.2. The van der Waals surface area contributed by atoms with Crippen LogP contribution in [0.2, 0.25) is 0 Å². The van der Waals surface area contributed by atoms with Gasteiger partial charge in [-0.2, -0.15) is 5.26 Å². The number of amides is 1. The van der Waals surface area contributed by atoms with E-state index in [2.05, 4.69) is 11.1 Å². The van der Waals surface area contributed by atoms with Crippen LogP contribution in [0, 0.1) is 11.3 Å². The fraction of sp³-hybridized carbons (Fsp3) is 0.286. The number of carbonyl (C=O) groups excluding carboxylic acids is 1. The van der Waals surface area contributed by atoms with Gasteiger partial charge in [-0.1, -0.05) is 11.3 Å². The summed E-state index contributed by atoms with van der Waals surface area (Å²) in [5.74, 6) is 0.666. The highest BCUT2D eigenvalue weighted by Crippen LogP contribution is 2.32. The number of fused-ring (bicyclic) bond motifs is 1. The van der Waals surface area contributed by atoms with Gasteiger partial charge in [0.25, 0.3) is 5.91 Å². The smallest absolute Gasteiger partial charge is 0.260 e. The number of thiazole rings is 1. The molecule has 0 aliphatic carbocycles. The summed E-state index contributed by atoms with van der Waals surface area (Å²) in [4.78, 5) is 21.6. The van der Waals surface area contributed by atoms with E-state index in [0.717, 1.165) is 16.0 Å². The lowest BCUT2D eigenvalue weighted by atomic mass is 10.1. The molecule has 7 heteroatoms. The molecule has 0 spiro atoms. The summed E-state index contributed by atoms with van der Waals surface area (Å²) in [6, 6.07) is 14.5. The van der Waals surface area contributed by atoms with Crippen LogP contribution in [0.3, 0.4) is 0 Å². The molecule has 0 unspecified atom stereocenters. The Kier molecular flexibility index (Phi) is 6.24. The highest BCUT2D eigenvalue weighted by molar-refractivity contribution is 7.22. The Labute approximate surface area is 168 Å². The van der Waals surface area contributed by atoms with E-state index in [0.29, 0.717) is 36.0 Å². The van der Waals surface area contributed by atoms with Gasteiger partial charge in [0.1, 0.15) is 5.75 Å². The van der Waals surface area contributed by atoms with E-state index in [1.165, 1.54) is 11.3 Å². The maximum Gasteiger partial charge on any atom is 0.260 e. The molecule has 0 radical (unpaired) electrons. The van der Waals surface area contributed by atoms with Gasteiger partial charge in [0, 0.05) is 18.7 Å². The topological polar surface area (TPSA) is 69.5 Å². The number of ether oxygens (including phenoxy) is 1. The van der Waals surface area contributed by atoms with E-state index in [1.807, 2.05) is 44.1 Å². The van der Waals surface area contributed by atoms with Gasteiger partial charge < -0.3 is 9.64 Å². The van der Waals surface area contributed by atoms with Crippen molar-refractivity contribution in [2.45, 2.75) is 6.92 Å². The highest BCUT2D eigenvalue weighted by atomic mass is 32.1. The van der Waals surface area contributed by atoms with E-state index in [1.54, 1.807) is 29.2 Å². The average Bonchev–Trinajstić information content (AvgIpc) is 3.11. The van der Waals surface area contributed by atoms with E-state index >= 15 is 0 Å². The van der Waals surface area contributed by atoms with Gasteiger partial charge in [0.2, 0.25) is 0 Å². The Bertz CT molecular complexity index is 1010. The molecule has 3 aromatic rings. The molecular formula is C21H22N4O2S. The SMILES string of the molecule is CCOc1ccc2nc(N(CCN(C)C)C(=O)c3ccc(C#N)cc3)sc2c1. The fourth-order valence-corrected chi connectivity index (χ4v) is 3.71. The van der Waals surface area contributed by atoms with Gasteiger partial charge in [-0.3, -0.25) is 9.69 Å². The number of rotatable bonds is 7. The molecule has 6 nitrogen and oxygen atoms in total. The molecule has 0 aliphatic rings. The number of aromatic nitrogens is 1. The number of nitriles is 1. The molecule has 1 amide bonds. The van der Waals surface area contributed by atoms with Crippen molar-refractivity contribution in [1.29, 1.82) is 5.26 Å². The second-order valence-electron chi connectivity index (χ2n) is 6.51. The third kappa shape index (κ3) is 4.47. The molecule has 0 atom stereocenters. The van der Waals surface area contributed by atoms with Gasteiger partial charge in [-0.25, -0.2) is 4.98 Å². The van der Waals surface area contributed by atoms with Crippen LogP contribution in [0.1, 0.15) is 22.8 Å². The minimum atomic E-state index is -0.129. The highest BCUT2D eigenvalue weighted by Gasteiger charge is 2.21. The maximum absolute atomic E-state index is 13.2. The molecule has 1 heterocycles. The summed E-state index contributed by atoms with van der Waals surface area (Å²) in [7, 11) is 3.94. The summed E-state index contributed by atoms with van der Waals surface area (Å²) < 4.78 is 6.54. The Morgan fingerprint density at radius 2 is 1.93 bits per heavy atom. The monoisotopic (exact) mass is 394 g/mol. The van der Waals surface area contributed by atoms with Crippen molar-refractivity contribution in [3.05, 3.63) is 53.6 Å². The molecule has 0 aliphatic heterocycles. The first-order valence-corrected chi connectivity index (χ1v) is 9.83. The van der Waals surface area contributed by atoms with Crippen LogP contribution in [0.5, 0.6) is 5.75 Å². The lowest BCUT2D eigenvalue weighted by Gasteiger charge is -2.22. The van der Waals surface area contributed by atoms with E-state index < -0.39 is 0 Å². The van der Waals surface area contributed by atoms with Gasteiger partial charge in [-0.15, -0.1) is 0 Å². The number of benzene rings is 2. The Hall–Kier alpha value is -2.95. The normalized spacial score (nSPS) is 10.8. The fourth-order valence-electron chi connectivity index (χ4n) is 2.69. The van der Waals surface area contributed by atoms with Crippen molar-refractivity contribution in [3.8, 4) is 11.8 Å². The Morgan fingerprint density at radius 3 is 2.57 bits per heavy atom. The van der Waals surface area contributed by atoms with Crippen LogP contribution >= 0.6 is 11.3 Å². The minimum Gasteiger partial charge on any atom is -0.494 e.